The summed E-state index contributed by atoms with van der Waals surface area (Å²) in [6.07, 6.45) is 1.96. The molecule has 86 valence electrons. The summed E-state index contributed by atoms with van der Waals surface area (Å²) in [4.78, 5) is 0. The third kappa shape index (κ3) is 1.93. The molecule has 2 N–H and O–H groups in total. The smallest absolute Gasteiger partial charge is 0.153 e. The lowest BCUT2D eigenvalue weighted by Gasteiger charge is -1.98. The molecule has 16 heavy (non-hydrogen) atoms. The highest BCUT2D eigenvalue weighted by Crippen LogP contribution is 2.34. The fraction of sp³-hybridized carbons (Fsp3) is 0.333. The minimum Gasteiger partial charge on any atom is -0.458 e. The van der Waals surface area contributed by atoms with Gasteiger partial charge < -0.3 is 10.2 Å². The van der Waals surface area contributed by atoms with Crippen LogP contribution in [0.25, 0.3) is 11.0 Å². The van der Waals surface area contributed by atoms with Crippen molar-refractivity contribution in [1.29, 1.82) is 0 Å². The number of furan rings is 1. The molecule has 1 aromatic heterocycles. The summed E-state index contributed by atoms with van der Waals surface area (Å²) in [6, 6.07) is 3.57. The SMILES string of the molecule is CCCc1c(CN)oc2c(Cl)cc(Cl)cc12. The zero-order valence-electron chi connectivity index (χ0n) is 9.02. The average molecular weight is 258 g/mol. The summed E-state index contributed by atoms with van der Waals surface area (Å²) < 4.78 is 5.67. The van der Waals surface area contributed by atoms with Crippen LogP contribution >= 0.6 is 23.2 Å². The third-order valence-corrected chi connectivity index (χ3v) is 3.08. The molecule has 0 amide bonds. The molecule has 0 atom stereocenters. The topological polar surface area (TPSA) is 39.2 Å². The second-order valence-corrected chi connectivity index (χ2v) is 4.57. The van der Waals surface area contributed by atoms with E-state index in [9.17, 15) is 0 Å². The lowest BCUT2D eigenvalue weighted by atomic mass is 10.1. The van der Waals surface area contributed by atoms with Gasteiger partial charge >= 0.3 is 0 Å². The molecule has 2 nitrogen and oxygen atoms in total. The maximum atomic E-state index is 6.09. The van der Waals surface area contributed by atoms with Crippen molar-refractivity contribution in [3.8, 4) is 0 Å². The number of hydrogen-bond acceptors (Lipinski definition) is 2. The highest BCUT2D eigenvalue weighted by Gasteiger charge is 2.15. The molecular formula is C12H13Cl2NO. The molecule has 0 saturated carbocycles. The van der Waals surface area contributed by atoms with Crippen LogP contribution < -0.4 is 5.73 Å². The van der Waals surface area contributed by atoms with E-state index in [4.69, 9.17) is 33.4 Å². The summed E-state index contributed by atoms with van der Waals surface area (Å²) in [7, 11) is 0. The number of benzene rings is 1. The molecule has 0 radical (unpaired) electrons. The van der Waals surface area contributed by atoms with Crippen molar-refractivity contribution in [3.63, 3.8) is 0 Å². The molecule has 0 bridgehead atoms. The Labute approximate surface area is 104 Å². The van der Waals surface area contributed by atoms with Crippen LogP contribution in [-0.4, -0.2) is 0 Å². The molecule has 0 aliphatic carbocycles. The number of halogens is 2. The largest absolute Gasteiger partial charge is 0.458 e. The van der Waals surface area contributed by atoms with Crippen molar-refractivity contribution < 1.29 is 4.42 Å². The van der Waals surface area contributed by atoms with Gasteiger partial charge in [-0.05, 0) is 18.6 Å². The first-order chi connectivity index (χ1) is 7.67. The van der Waals surface area contributed by atoms with E-state index in [0.717, 1.165) is 29.6 Å². The van der Waals surface area contributed by atoms with Crippen LogP contribution in [0.1, 0.15) is 24.7 Å². The van der Waals surface area contributed by atoms with Gasteiger partial charge in [0.05, 0.1) is 11.6 Å². The van der Waals surface area contributed by atoms with E-state index in [0.29, 0.717) is 22.2 Å². The number of rotatable bonds is 3. The van der Waals surface area contributed by atoms with Crippen molar-refractivity contribution in [2.75, 3.05) is 0 Å². The Morgan fingerprint density at radius 1 is 1.31 bits per heavy atom. The van der Waals surface area contributed by atoms with E-state index in [1.54, 1.807) is 6.07 Å². The van der Waals surface area contributed by atoms with E-state index in [2.05, 4.69) is 6.92 Å². The van der Waals surface area contributed by atoms with Crippen molar-refractivity contribution in [2.24, 2.45) is 5.73 Å². The van der Waals surface area contributed by atoms with Crippen molar-refractivity contribution in [1.82, 2.24) is 0 Å². The van der Waals surface area contributed by atoms with Gasteiger partial charge in [-0.25, -0.2) is 0 Å². The number of aryl methyl sites for hydroxylation is 1. The van der Waals surface area contributed by atoms with Gasteiger partial charge in [-0.3, -0.25) is 0 Å². The van der Waals surface area contributed by atoms with Crippen LogP contribution in [0.2, 0.25) is 10.0 Å². The Hall–Kier alpha value is -0.700. The second-order valence-electron chi connectivity index (χ2n) is 3.72. The van der Waals surface area contributed by atoms with Crippen LogP contribution in [0.3, 0.4) is 0 Å². The molecule has 0 aliphatic rings. The molecule has 4 heteroatoms. The fourth-order valence-electron chi connectivity index (χ4n) is 1.91. The lowest BCUT2D eigenvalue weighted by molar-refractivity contribution is 0.545. The first-order valence-electron chi connectivity index (χ1n) is 5.26. The van der Waals surface area contributed by atoms with Crippen LogP contribution in [0.4, 0.5) is 0 Å². The molecule has 0 saturated heterocycles. The van der Waals surface area contributed by atoms with Crippen LogP contribution in [0, 0.1) is 0 Å². The average Bonchev–Trinajstić information content (AvgIpc) is 2.58. The minimum absolute atomic E-state index is 0.387. The first kappa shape index (κ1) is 11.8. The van der Waals surface area contributed by atoms with Crippen molar-refractivity contribution in [2.45, 2.75) is 26.3 Å². The summed E-state index contributed by atoms with van der Waals surface area (Å²) in [5.41, 5.74) is 7.48. The Morgan fingerprint density at radius 3 is 2.69 bits per heavy atom. The monoisotopic (exact) mass is 257 g/mol. The van der Waals surface area contributed by atoms with E-state index in [-0.39, 0.29) is 0 Å². The molecule has 2 aromatic rings. The first-order valence-corrected chi connectivity index (χ1v) is 6.02. The summed E-state index contributed by atoms with van der Waals surface area (Å²) in [5.74, 6) is 0.806. The molecule has 0 aliphatic heterocycles. The molecule has 1 aromatic carbocycles. The molecular weight excluding hydrogens is 245 g/mol. The highest BCUT2D eigenvalue weighted by atomic mass is 35.5. The van der Waals surface area contributed by atoms with Crippen LogP contribution in [0.15, 0.2) is 16.5 Å². The predicted molar refractivity (Wildman–Crippen MR) is 68.1 cm³/mol. The number of nitrogens with two attached hydrogens (primary N) is 1. The zero-order chi connectivity index (χ0) is 11.7. The van der Waals surface area contributed by atoms with Gasteiger partial charge in [-0.1, -0.05) is 36.5 Å². The van der Waals surface area contributed by atoms with E-state index in [1.807, 2.05) is 6.07 Å². The molecule has 2 rings (SSSR count). The highest BCUT2D eigenvalue weighted by molar-refractivity contribution is 6.38. The predicted octanol–water partition coefficient (Wildman–Crippen LogP) is 4.15. The Morgan fingerprint density at radius 2 is 2.06 bits per heavy atom. The maximum Gasteiger partial charge on any atom is 0.153 e. The van der Waals surface area contributed by atoms with Gasteiger partial charge in [0, 0.05) is 16.0 Å². The molecule has 0 spiro atoms. The summed E-state index contributed by atoms with van der Waals surface area (Å²) in [5, 5.41) is 2.15. The van der Waals surface area contributed by atoms with Crippen LogP contribution in [-0.2, 0) is 13.0 Å². The maximum absolute atomic E-state index is 6.09. The second kappa shape index (κ2) is 4.66. The van der Waals surface area contributed by atoms with Gasteiger partial charge in [-0.15, -0.1) is 0 Å². The normalized spacial score (nSPS) is 11.2. The summed E-state index contributed by atoms with van der Waals surface area (Å²) in [6.45, 7) is 2.50. The van der Waals surface area contributed by atoms with Crippen LogP contribution in [0.5, 0.6) is 0 Å². The third-order valence-electron chi connectivity index (χ3n) is 2.58. The Kier molecular flexibility index (Phi) is 3.43. The fourth-order valence-corrected chi connectivity index (χ4v) is 2.44. The quantitative estimate of drug-likeness (QED) is 0.898. The van der Waals surface area contributed by atoms with Gasteiger partial charge in [-0.2, -0.15) is 0 Å². The van der Waals surface area contributed by atoms with Gasteiger partial charge in [0.1, 0.15) is 5.76 Å². The lowest BCUT2D eigenvalue weighted by Crippen LogP contribution is -1.98. The van der Waals surface area contributed by atoms with Gasteiger partial charge in [0.25, 0.3) is 0 Å². The van der Waals surface area contributed by atoms with E-state index < -0.39 is 0 Å². The number of fused-ring (bicyclic) bond motifs is 1. The van der Waals surface area contributed by atoms with E-state index >= 15 is 0 Å². The van der Waals surface area contributed by atoms with Crippen molar-refractivity contribution >= 4 is 34.2 Å². The van der Waals surface area contributed by atoms with E-state index in [1.165, 1.54) is 0 Å². The zero-order valence-corrected chi connectivity index (χ0v) is 10.5. The standard InChI is InChI=1S/C12H13Cl2NO/c1-2-3-8-9-4-7(13)5-10(14)12(9)16-11(8)6-15/h4-5H,2-3,6,15H2,1H3. The van der Waals surface area contributed by atoms with Crippen molar-refractivity contribution in [3.05, 3.63) is 33.5 Å². The summed E-state index contributed by atoms with van der Waals surface area (Å²) >= 11 is 12.1. The molecule has 0 fully saturated rings. The number of hydrogen-bond donors (Lipinski definition) is 1. The van der Waals surface area contributed by atoms with Gasteiger partial charge in [0.2, 0.25) is 0 Å². The Bertz CT molecular complexity index is 519. The molecule has 1 heterocycles. The minimum atomic E-state index is 0.387. The molecule has 0 unspecified atom stereocenters. The van der Waals surface area contributed by atoms with Gasteiger partial charge in [0.15, 0.2) is 5.58 Å². The Balaban J connectivity index is 2.73.